The lowest BCUT2D eigenvalue weighted by Crippen LogP contribution is -2.56. The van der Waals surface area contributed by atoms with Crippen molar-refractivity contribution < 1.29 is 23.1 Å². The van der Waals surface area contributed by atoms with Crippen LogP contribution in [0.5, 0.6) is 0 Å². The first-order valence-electron chi connectivity index (χ1n) is 14.1. The van der Waals surface area contributed by atoms with Gasteiger partial charge in [0.25, 0.3) is 0 Å². The second-order valence-electron chi connectivity index (χ2n) is 11.7. The van der Waals surface area contributed by atoms with Crippen LogP contribution < -0.4 is 5.32 Å². The number of halogens is 2. The highest BCUT2D eigenvalue weighted by molar-refractivity contribution is 5.90. The fourth-order valence-electron chi connectivity index (χ4n) is 6.19. The van der Waals surface area contributed by atoms with Crippen molar-refractivity contribution in [1.29, 1.82) is 0 Å². The van der Waals surface area contributed by atoms with E-state index in [4.69, 9.17) is 4.74 Å². The summed E-state index contributed by atoms with van der Waals surface area (Å²) in [5.41, 5.74) is 0.211. The Bertz CT molecular complexity index is 933. The highest BCUT2D eigenvalue weighted by Gasteiger charge is 2.43. The number of nitrogens with zero attached hydrogens (tertiary/aromatic N) is 2. The molecule has 2 atom stereocenters. The van der Waals surface area contributed by atoms with E-state index >= 15 is 0 Å². The zero-order valence-electron chi connectivity index (χ0n) is 22.4. The first kappa shape index (κ1) is 28.0. The number of amides is 2. The monoisotopic (exact) mass is 519 g/mol. The summed E-state index contributed by atoms with van der Waals surface area (Å²) in [5, 5.41) is 3.22. The molecule has 1 aromatic rings. The van der Waals surface area contributed by atoms with Crippen LogP contribution in [0.1, 0.15) is 77.2 Å². The average Bonchev–Trinajstić information content (AvgIpc) is 3.33. The highest BCUT2D eigenvalue weighted by Crippen LogP contribution is 2.38. The van der Waals surface area contributed by atoms with Crippen molar-refractivity contribution in [2.45, 2.75) is 90.3 Å². The molecule has 8 heteroatoms. The van der Waals surface area contributed by atoms with Gasteiger partial charge in [0.1, 0.15) is 6.04 Å². The summed E-state index contributed by atoms with van der Waals surface area (Å²) in [6, 6.07) is 3.61. The van der Waals surface area contributed by atoms with Crippen LogP contribution in [0.2, 0.25) is 0 Å². The number of fused-ring (bicyclic) bond motifs is 1. The molecular weight excluding hydrogens is 476 g/mol. The standard InChI is InChI=1S/C29H43F2N3O3/c1-21(2)17-26-27(35)34-13-6-7-23(34)20-37-16-5-3-4-10-29(28(36)32-26)11-14-33(15-12-29)19-22-8-9-24(30)25(31)18-22/h8-9,18,21,23,26H,3-7,10-17,19-20H2,1-2H3,(H,32,36)/t23-,26-/m0/s1. The van der Waals surface area contributed by atoms with Gasteiger partial charge in [0.05, 0.1) is 18.1 Å². The van der Waals surface area contributed by atoms with E-state index in [-0.39, 0.29) is 23.8 Å². The summed E-state index contributed by atoms with van der Waals surface area (Å²) in [6.07, 6.45) is 7.61. The minimum absolute atomic E-state index is 0.00281. The maximum atomic E-state index is 13.9. The van der Waals surface area contributed by atoms with E-state index in [2.05, 4.69) is 24.1 Å². The molecule has 0 aromatic heterocycles. The van der Waals surface area contributed by atoms with Crippen molar-refractivity contribution >= 4 is 11.8 Å². The van der Waals surface area contributed by atoms with Crippen LogP contribution in [-0.4, -0.2) is 66.5 Å². The van der Waals surface area contributed by atoms with Gasteiger partial charge in [-0.2, -0.15) is 0 Å². The Morgan fingerprint density at radius 2 is 1.81 bits per heavy atom. The Balaban J connectivity index is 1.48. The zero-order valence-corrected chi connectivity index (χ0v) is 22.4. The van der Waals surface area contributed by atoms with E-state index in [9.17, 15) is 18.4 Å². The smallest absolute Gasteiger partial charge is 0.245 e. The van der Waals surface area contributed by atoms with Crippen LogP contribution >= 0.6 is 0 Å². The van der Waals surface area contributed by atoms with Gasteiger partial charge in [-0.25, -0.2) is 8.78 Å². The molecule has 0 saturated carbocycles. The lowest BCUT2D eigenvalue weighted by atomic mass is 9.73. The Kier molecular flexibility index (Phi) is 9.57. The fourth-order valence-corrected chi connectivity index (χ4v) is 6.19. The molecule has 1 spiro atoms. The number of likely N-dealkylation sites (tertiary alicyclic amines) is 1. The molecule has 0 bridgehead atoms. The summed E-state index contributed by atoms with van der Waals surface area (Å²) in [4.78, 5) is 31.7. The van der Waals surface area contributed by atoms with Crippen molar-refractivity contribution in [3.05, 3.63) is 35.4 Å². The number of benzene rings is 1. The predicted molar refractivity (Wildman–Crippen MR) is 139 cm³/mol. The van der Waals surface area contributed by atoms with E-state index in [1.807, 2.05) is 4.90 Å². The number of hydrogen-bond donors (Lipinski definition) is 1. The third-order valence-corrected chi connectivity index (χ3v) is 8.41. The topological polar surface area (TPSA) is 61.9 Å². The molecule has 3 saturated heterocycles. The molecule has 1 N–H and O–H groups in total. The molecule has 37 heavy (non-hydrogen) atoms. The van der Waals surface area contributed by atoms with Gasteiger partial charge >= 0.3 is 0 Å². The van der Waals surface area contributed by atoms with Crippen LogP contribution in [0.3, 0.4) is 0 Å². The first-order chi connectivity index (χ1) is 17.8. The number of piperidine rings is 1. The summed E-state index contributed by atoms with van der Waals surface area (Å²) in [6.45, 7) is 8.09. The van der Waals surface area contributed by atoms with E-state index in [1.165, 1.54) is 12.1 Å². The molecule has 3 fully saturated rings. The van der Waals surface area contributed by atoms with Crippen LogP contribution in [-0.2, 0) is 20.9 Å². The van der Waals surface area contributed by atoms with Crippen LogP contribution in [0.4, 0.5) is 8.78 Å². The summed E-state index contributed by atoms with van der Waals surface area (Å²) in [5.74, 6) is -1.37. The number of carbonyl (C=O) groups excluding carboxylic acids is 2. The van der Waals surface area contributed by atoms with E-state index in [1.54, 1.807) is 6.07 Å². The molecule has 0 radical (unpaired) electrons. The van der Waals surface area contributed by atoms with Gasteiger partial charge < -0.3 is 15.0 Å². The molecule has 3 heterocycles. The maximum absolute atomic E-state index is 13.9. The minimum atomic E-state index is -0.839. The molecule has 6 nitrogen and oxygen atoms in total. The van der Waals surface area contributed by atoms with E-state index in [0.29, 0.717) is 52.1 Å². The van der Waals surface area contributed by atoms with Crippen molar-refractivity contribution in [2.24, 2.45) is 11.3 Å². The SMILES string of the molecule is CC(C)C[C@@H]1NC(=O)C2(CCCCCOC[C@@H]3CCCN3C1=O)CCN(Cc1ccc(F)c(F)c1)CC2. The zero-order chi connectivity index (χ0) is 26.4. The van der Waals surface area contributed by atoms with Gasteiger partial charge in [-0.3, -0.25) is 14.5 Å². The van der Waals surface area contributed by atoms with Gasteiger partial charge in [0, 0.05) is 19.7 Å². The number of rotatable bonds is 4. The number of ether oxygens (including phenoxy) is 1. The average molecular weight is 520 g/mol. The third-order valence-electron chi connectivity index (χ3n) is 8.41. The Morgan fingerprint density at radius 1 is 1.03 bits per heavy atom. The molecule has 2 amide bonds. The molecular formula is C29H43F2N3O3. The van der Waals surface area contributed by atoms with E-state index < -0.39 is 23.1 Å². The van der Waals surface area contributed by atoms with Gasteiger partial charge in [0.2, 0.25) is 11.8 Å². The van der Waals surface area contributed by atoms with Crippen LogP contribution in [0.15, 0.2) is 18.2 Å². The Labute approximate surface area is 220 Å². The van der Waals surface area contributed by atoms with E-state index in [0.717, 1.165) is 50.6 Å². The second-order valence-corrected chi connectivity index (χ2v) is 11.7. The quantitative estimate of drug-likeness (QED) is 0.629. The largest absolute Gasteiger partial charge is 0.379 e. The molecule has 0 aliphatic carbocycles. The summed E-state index contributed by atoms with van der Waals surface area (Å²) in [7, 11) is 0. The molecule has 0 unspecified atom stereocenters. The summed E-state index contributed by atoms with van der Waals surface area (Å²) < 4.78 is 33.0. The maximum Gasteiger partial charge on any atom is 0.245 e. The summed E-state index contributed by atoms with van der Waals surface area (Å²) >= 11 is 0. The lowest BCUT2D eigenvalue weighted by Gasteiger charge is -2.42. The van der Waals surface area contributed by atoms with Crippen molar-refractivity contribution in [3.63, 3.8) is 0 Å². The molecule has 4 rings (SSSR count). The lowest BCUT2D eigenvalue weighted by molar-refractivity contribution is -0.143. The Morgan fingerprint density at radius 3 is 2.54 bits per heavy atom. The van der Waals surface area contributed by atoms with Gasteiger partial charge in [-0.1, -0.05) is 32.8 Å². The minimum Gasteiger partial charge on any atom is -0.379 e. The van der Waals surface area contributed by atoms with Crippen molar-refractivity contribution in [2.75, 3.05) is 32.8 Å². The highest BCUT2D eigenvalue weighted by atomic mass is 19.2. The van der Waals surface area contributed by atoms with Gasteiger partial charge in [-0.05, 0) is 81.6 Å². The third kappa shape index (κ3) is 7.08. The predicted octanol–water partition coefficient (Wildman–Crippen LogP) is 4.66. The number of nitrogens with one attached hydrogen (secondary N) is 1. The second kappa shape index (κ2) is 12.7. The van der Waals surface area contributed by atoms with Gasteiger partial charge in [0.15, 0.2) is 11.6 Å². The molecule has 3 aliphatic heterocycles. The number of hydrogen-bond acceptors (Lipinski definition) is 4. The molecule has 206 valence electrons. The van der Waals surface area contributed by atoms with Crippen molar-refractivity contribution in [3.8, 4) is 0 Å². The normalized spacial score (nSPS) is 26.2. The number of carbonyl (C=O) groups is 2. The van der Waals surface area contributed by atoms with Gasteiger partial charge in [-0.15, -0.1) is 0 Å². The van der Waals surface area contributed by atoms with Crippen molar-refractivity contribution in [1.82, 2.24) is 15.1 Å². The fraction of sp³-hybridized carbons (Fsp3) is 0.724. The molecule has 1 aromatic carbocycles. The Hall–Kier alpha value is -2.06. The first-order valence-corrected chi connectivity index (χ1v) is 14.1. The van der Waals surface area contributed by atoms with Crippen LogP contribution in [0.25, 0.3) is 0 Å². The van der Waals surface area contributed by atoms with Crippen LogP contribution in [0, 0.1) is 23.0 Å². The molecule has 3 aliphatic rings.